The molecule has 0 spiro atoms. The molecule has 0 amide bonds. The van der Waals surface area contributed by atoms with Gasteiger partial charge >= 0.3 is 0 Å². The highest BCUT2D eigenvalue weighted by molar-refractivity contribution is 14.0. The quantitative estimate of drug-likeness (QED) is 0.305. The molecule has 6 nitrogen and oxygen atoms in total. The summed E-state index contributed by atoms with van der Waals surface area (Å²) in [6.45, 7) is 11.1. The van der Waals surface area contributed by atoms with E-state index in [4.69, 9.17) is 4.74 Å². The molecule has 0 atom stereocenters. The lowest BCUT2D eigenvalue weighted by atomic mass is 10.2. The molecule has 0 aromatic heterocycles. The summed E-state index contributed by atoms with van der Waals surface area (Å²) in [6, 6.07) is 0. The Hall–Kier alpha value is -0.0900. The number of nitrogens with one attached hydrogen (secondary N) is 1. The standard InChI is InChI=1S/C13H27N3O3S.HI/c1-5-14-12(15-7-9-19-6-2)16-8-10-20(17,18)13(3,4)11-16;/h5-11H2,1-4H3,(H,14,15);1H. The minimum Gasteiger partial charge on any atom is -0.380 e. The highest BCUT2D eigenvalue weighted by Gasteiger charge is 2.40. The fourth-order valence-corrected chi connectivity index (χ4v) is 3.48. The van der Waals surface area contributed by atoms with E-state index in [9.17, 15) is 8.42 Å². The summed E-state index contributed by atoms with van der Waals surface area (Å²) in [5, 5.41) is 3.22. The van der Waals surface area contributed by atoms with Gasteiger partial charge in [0.25, 0.3) is 0 Å². The summed E-state index contributed by atoms with van der Waals surface area (Å²) in [7, 11) is -3.02. The maximum absolute atomic E-state index is 12.0. The van der Waals surface area contributed by atoms with Gasteiger partial charge < -0.3 is 15.0 Å². The summed E-state index contributed by atoms with van der Waals surface area (Å²) in [5.41, 5.74) is 0. The summed E-state index contributed by atoms with van der Waals surface area (Å²) >= 11 is 0. The molecular weight excluding hydrogens is 405 g/mol. The highest BCUT2D eigenvalue weighted by atomic mass is 127. The number of aliphatic imine (C=N–C) groups is 1. The maximum atomic E-state index is 12.0. The van der Waals surface area contributed by atoms with Crippen molar-refractivity contribution in [3.63, 3.8) is 0 Å². The van der Waals surface area contributed by atoms with Crippen molar-refractivity contribution in [3.05, 3.63) is 0 Å². The Morgan fingerprint density at radius 1 is 1.38 bits per heavy atom. The van der Waals surface area contributed by atoms with E-state index in [1.165, 1.54) is 0 Å². The van der Waals surface area contributed by atoms with Gasteiger partial charge in [0, 0.05) is 26.2 Å². The Morgan fingerprint density at radius 2 is 2.05 bits per heavy atom. The molecule has 1 aliphatic heterocycles. The van der Waals surface area contributed by atoms with Gasteiger partial charge in [-0.15, -0.1) is 24.0 Å². The summed E-state index contributed by atoms with van der Waals surface area (Å²) < 4.78 is 28.6. The van der Waals surface area contributed by atoms with Gasteiger partial charge in [-0.1, -0.05) is 0 Å². The number of ether oxygens (including phenoxy) is 1. The first-order valence-electron chi connectivity index (χ1n) is 7.17. The minimum atomic E-state index is -3.02. The van der Waals surface area contributed by atoms with Gasteiger partial charge in [-0.3, -0.25) is 4.99 Å². The van der Waals surface area contributed by atoms with Crippen LogP contribution in [0.25, 0.3) is 0 Å². The second-order valence-corrected chi connectivity index (χ2v) is 8.18. The topological polar surface area (TPSA) is 71.0 Å². The van der Waals surface area contributed by atoms with Crippen LogP contribution in [0, 0.1) is 0 Å². The number of rotatable bonds is 5. The Labute approximate surface area is 145 Å². The van der Waals surface area contributed by atoms with E-state index in [1.807, 2.05) is 18.7 Å². The van der Waals surface area contributed by atoms with Gasteiger partial charge in [-0.2, -0.15) is 0 Å². The van der Waals surface area contributed by atoms with Crippen LogP contribution in [0.4, 0.5) is 0 Å². The lowest BCUT2D eigenvalue weighted by Crippen LogP contribution is -2.57. The lowest BCUT2D eigenvalue weighted by molar-refractivity contribution is 0.155. The van der Waals surface area contributed by atoms with E-state index in [0.717, 1.165) is 12.5 Å². The van der Waals surface area contributed by atoms with Crippen LogP contribution in [0.1, 0.15) is 27.7 Å². The van der Waals surface area contributed by atoms with Gasteiger partial charge in [0.2, 0.25) is 0 Å². The van der Waals surface area contributed by atoms with Crippen LogP contribution in [0.5, 0.6) is 0 Å². The van der Waals surface area contributed by atoms with Gasteiger partial charge in [0.05, 0.1) is 23.7 Å². The predicted octanol–water partition coefficient (Wildman–Crippen LogP) is 1.12. The molecule has 0 unspecified atom stereocenters. The first-order chi connectivity index (χ1) is 9.34. The predicted molar refractivity (Wildman–Crippen MR) is 97.3 cm³/mol. The zero-order chi connectivity index (χ0) is 15.2. The van der Waals surface area contributed by atoms with Crippen LogP contribution in [0.3, 0.4) is 0 Å². The number of guanidine groups is 1. The second-order valence-electron chi connectivity index (χ2n) is 5.43. The average molecular weight is 433 g/mol. The second kappa shape index (κ2) is 9.14. The van der Waals surface area contributed by atoms with Crippen LogP contribution >= 0.6 is 24.0 Å². The van der Waals surface area contributed by atoms with Crippen LogP contribution < -0.4 is 5.32 Å². The lowest BCUT2D eigenvalue weighted by Gasteiger charge is -2.39. The molecule has 0 aromatic carbocycles. The van der Waals surface area contributed by atoms with Gasteiger partial charge in [0.1, 0.15) is 0 Å². The third kappa shape index (κ3) is 5.90. The highest BCUT2D eigenvalue weighted by Crippen LogP contribution is 2.23. The molecule has 0 aliphatic carbocycles. The molecule has 126 valence electrons. The zero-order valence-electron chi connectivity index (χ0n) is 13.4. The smallest absolute Gasteiger partial charge is 0.194 e. The zero-order valence-corrected chi connectivity index (χ0v) is 16.5. The van der Waals surface area contributed by atoms with E-state index in [0.29, 0.717) is 32.8 Å². The fraction of sp³-hybridized carbons (Fsp3) is 0.923. The van der Waals surface area contributed by atoms with Crippen molar-refractivity contribution in [2.75, 3.05) is 45.1 Å². The number of halogens is 1. The van der Waals surface area contributed by atoms with Crippen molar-refractivity contribution in [2.45, 2.75) is 32.4 Å². The molecule has 1 aliphatic rings. The molecule has 0 bridgehead atoms. The van der Waals surface area contributed by atoms with E-state index in [2.05, 4.69) is 10.3 Å². The Kier molecular flexibility index (Phi) is 9.10. The number of sulfone groups is 1. The molecule has 21 heavy (non-hydrogen) atoms. The van der Waals surface area contributed by atoms with E-state index in [-0.39, 0.29) is 29.7 Å². The van der Waals surface area contributed by atoms with E-state index >= 15 is 0 Å². The Balaban J connectivity index is 0.00000400. The molecule has 0 aromatic rings. The fourth-order valence-electron chi connectivity index (χ4n) is 2.11. The monoisotopic (exact) mass is 433 g/mol. The first kappa shape index (κ1) is 20.9. The molecule has 8 heteroatoms. The summed E-state index contributed by atoms with van der Waals surface area (Å²) in [6.07, 6.45) is 0. The van der Waals surface area contributed by atoms with Crippen molar-refractivity contribution in [1.29, 1.82) is 0 Å². The summed E-state index contributed by atoms with van der Waals surface area (Å²) in [5.74, 6) is 0.950. The van der Waals surface area contributed by atoms with Gasteiger partial charge in [-0.05, 0) is 27.7 Å². The normalized spacial score (nSPS) is 20.8. The van der Waals surface area contributed by atoms with Crippen molar-refractivity contribution in [2.24, 2.45) is 4.99 Å². The first-order valence-corrected chi connectivity index (χ1v) is 8.82. The number of nitrogens with zero attached hydrogens (tertiary/aromatic N) is 2. The van der Waals surface area contributed by atoms with Gasteiger partial charge in [0.15, 0.2) is 15.8 Å². The molecule has 0 saturated carbocycles. The van der Waals surface area contributed by atoms with Crippen molar-refractivity contribution in [3.8, 4) is 0 Å². The van der Waals surface area contributed by atoms with Crippen LogP contribution in [0.2, 0.25) is 0 Å². The van der Waals surface area contributed by atoms with Crippen LogP contribution in [-0.4, -0.2) is 69.2 Å². The van der Waals surface area contributed by atoms with E-state index < -0.39 is 14.6 Å². The molecule has 1 rings (SSSR count). The molecule has 1 heterocycles. The third-order valence-electron chi connectivity index (χ3n) is 3.38. The number of hydrogen-bond acceptors (Lipinski definition) is 4. The molecule has 0 radical (unpaired) electrons. The van der Waals surface area contributed by atoms with Crippen molar-refractivity contribution in [1.82, 2.24) is 10.2 Å². The molecule has 1 saturated heterocycles. The van der Waals surface area contributed by atoms with Crippen molar-refractivity contribution < 1.29 is 13.2 Å². The maximum Gasteiger partial charge on any atom is 0.194 e. The van der Waals surface area contributed by atoms with Crippen LogP contribution in [0.15, 0.2) is 4.99 Å². The Morgan fingerprint density at radius 3 is 2.57 bits per heavy atom. The molecular formula is C13H28IN3O3S. The average Bonchev–Trinajstić information content (AvgIpc) is 2.37. The summed E-state index contributed by atoms with van der Waals surface area (Å²) in [4.78, 5) is 6.52. The largest absolute Gasteiger partial charge is 0.380 e. The number of hydrogen-bond donors (Lipinski definition) is 1. The van der Waals surface area contributed by atoms with Crippen molar-refractivity contribution >= 4 is 39.8 Å². The minimum absolute atomic E-state index is 0. The molecule has 1 fully saturated rings. The molecule has 1 N–H and O–H groups in total. The third-order valence-corrected chi connectivity index (χ3v) is 5.91. The SMILES string of the molecule is CCNC(=NCCOCC)N1CCS(=O)(=O)C(C)(C)C1.I. The Bertz CT molecular complexity index is 438. The van der Waals surface area contributed by atoms with Gasteiger partial charge in [-0.25, -0.2) is 8.42 Å². The van der Waals surface area contributed by atoms with E-state index in [1.54, 1.807) is 13.8 Å². The van der Waals surface area contributed by atoms with Crippen LogP contribution in [-0.2, 0) is 14.6 Å².